The van der Waals surface area contributed by atoms with E-state index in [1.54, 1.807) is 0 Å². The molecule has 1 heteroatoms. The summed E-state index contributed by atoms with van der Waals surface area (Å²) in [6.45, 7) is 0. The molecule has 2 aliphatic rings. The molecule has 0 amide bonds. The van der Waals surface area contributed by atoms with E-state index in [1.807, 2.05) is 0 Å². The van der Waals surface area contributed by atoms with Crippen LogP contribution in [0.4, 0.5) is 0 Å². The van der Waals surface area contributed by atoms with E-state index in [2.05, 4.69) is 120 Å². The number of hydrogen-bond acceptors (Lipinski definition) is 0. The van der Waals surface area contributed by atoms with Gasteiger partial charge in [-0.3, -0.25) is 0 Å². The second-order valence-corrected chi connectivity index (χ2v) is 10.3. The monoisotopic (exact) mass is 473 g/mol. The SMILES string of the molecule is C1=CCCC(C2=CC=C(n3c4c5ccccc5ccc4c4c5ccccc5c5ccccc5c43)CC2)=C1. The first kappa shape index (κ1) is 20.8. The third-order valence-corrected chi connectivity index (χ3v) is 8.36. The molecule has 0 saturated heterocycles. The summed E-state index contributed by atoms with van der Waals surface area (Å²) in [5.74, 6) is 0. The van der Waals surface area contributed by atoms with Gasteiger partial charge in [0.1, 0.15) is 0 Å². The van der Waals surface area contributed by atoms with E-state index in [-0.39, 0.29) is 0 Å². The molecule has 1 aromatic heterocycles. The number of nitrogens with zero attached hydrogens (tertiary/aromatic N) is 1. The Kier molecular flexibility index (Phi) is 4.54. The van der Waals surface area contributed by atoms with Gasteiger partial charge in [-0.25, -0.2) is 0 Å². The maximum atomic E-state index is 2.60. The molecule has 0 saturated carbocycles. The van der Waals surface area contributed by atoms with Crippen LogP contribution in [0.25, 0.3) is 59.8 Å². The zero-order valence-electron chi connectivity index (χ0n) is 20.7. The molecule has 0 unspecified atom stereocenters. The number of benzene rings is 5. The van der Waals surface area contributed by atoms with Gasteiger partial charge >= 0.3 is 0 Å². The molecule has 8 rings (SSSR count). The van der Waals surface area contributed by atoms with E-state index in [0.29, 0.717) is 0 Å². The van der Waals surface area contributed by atoms with Crippen molar-refractivity contribution in [2.24, 2.45) is 0 Å². The fourth-order valence-electron chi connectivity index (χ4n) is 6.67. The van der Waals surface area contributed by atoms with Crippen LogP contribution in [0.15, 0.2) is 126 Å². The van der Waals surface area contributed by atoms with Gasteiger partial charge in [0.2, 0.25) is 0 Å². The highest BCUT2D eigenvalue weighted by Gasteiger charge is 2.22. The lowest BCUT2D eigenvalue weighted by molar-refractivity contribution is 0.885. The summed E-state index contributed by atoms with van der Waals surface area (Å²) in [7, 11) is 0. The normalized spacial score (nSPS) is 16.1. The predicted molar refractivity (Wildman–Crippen MR) is 160 cm³/mol. The standard InChI is InChI=1S/C36H27N/c1-2-10-24(11-3-1)25-18-21-27(22-19-25)37-35-28-13-5-4-12-26(28)20-23-33(35)34-31-16-8-6-14-29(31)30-15-7-9-17-32(30)36(34)37/h1-2,4-10,12-18,20-21,23H,3,11,19,22H2. The van der Waals surface area contributed by atoms with Crippen LogP contribution in [0.1, 0.15) is 25.7 Å². The summed E-state index contributed by atoms with van der Waals surface area (Å²) in [5.41, 5.74) is 7.05. The maximum absolute atomic E-state index is 2.60. The van der Waals surface area contributed by atoms with Crippen molar-refractivity contribution in [3.8, 4) is 0 Å². The van der Waals surface area contributed by atoms with Crippen LogP contribution in [0.2, 0.25) is 0 Å². The van der Waals surface area contributed by atoms with Crippen molar-refractivity contribution in [2.45, 2.75) is 25.7 Å². The molecule has 0 N–H and O–H groups in total. The van der Waals surface area contributed by atoms with Gasteiger partial charge in [-0.15, -0.1) is 0 Å². The van der Waals surface area contributed by atoms with E-state index in [9.17, 15) is 0 Å². The van der Waals surface area contributed by atoms with Crippen LogP contribution in [0, 0.1) is 0 Å². The van der Waals surface area contributed by atoms with Gasteiger partial charge in [-0.1, -0.05) is 109 Å². The summed E-state index contributed by atoms with van der Waals surface area (Å²) in [6.07, 6.45) is 16.0. The minimum atomic E-state index is 1.04. The first-order chi connectivity index (χ1) is 18.4. The lowest BCUT2D eigenvalue weighted by Crippen LogP contribution is -2.04. The number of allylic oxidation sites excluding steroid dienone is 8. The zero-order valence-corrected chi connectivity index (χ0v) is 20.7. The van der Waals surface area contributed by atoms with E-state index in [4.69, 9.17) is 0 Å². The molecular formula is C36H27N. The molecule has 0 spiro atoms. The fourth-order valence-corrected chi connectivity index (χ4v) is 6.67. The van der Waals surface area contributed by atoms with Gasteiger partial charge in [-0.2, -0.15) is 0 Å². The van der Waals surface area contributed by atoms with Crippen molar-refractivity contribution < 1.29 is 0 Å². The van der Waals surface area contributed by atoms with Crippen molar-refractivity contribution in [1.82, 2.24) is 4.57 Å². The second-order valence-electron chi connectivity index (χ2n) is 10.3. The Labute approximate surface area is 216 Å². The average molecular weight is 474 g/mol. The van der Waals surface area contributed by atoms with E-state index in [0.717, 1.165) is 25.7 Å². The molecule has 1 heterocycles. The average Bonchev–Trinajstić information content (AvgIpc) is 3.34. The topological polar surface area (TPSA) is 4.93 Å². The fraction of sp³-hybridized carbons (Fsp3) is 0.111. The molecule has 37 heavy (non-hydrogen) atoms. The van der Waals surface area contributed by atoms with E-state index >= 15 is 0 Å². The maximum Gasteiger partial charge on any atom is 0.0622 e. The van der Waals surface area contributed by atoms with Crippen molar-refractivity contribution >= 4 is 59.8 Å². The van der Waals surface area contributed by atoms with Crippen molar-refractivity contribution in [1.29, 1.82) is 0 Å². The van der Waals surface area contributed by atoms with E-state index < -0.39 is 0 Å². The Bertz CT molecular complexity index is 2020. The molecule has 1 nitrogen and oxygen atoms in total. The van der Waals surface area contributed by atoms with Gasteiger partial charge < -0.3 is 4.57 Å². The van der Waals surface area contributed by atoms with Gasteiger partial charge in [0.05, 0.1) is 11.0 Å². The highest BCUT2D eigenvalue weighted by atomic mass is 15.0. The summed E-state index contributed by atoms with van der Waals surface area (Å²) >= 11 is 0. The lowest BCUT2D eigenvalue weighted by Gasteiger charge is -2.21. The summed E-state index contributed by atoms with van der Waals surface area (Å²) in [4.78, 5) is 0. The molecule has 0 radical (unpaired) electrons. The van der Waals surface area contributed by atoms with Gasteiger partial charge in [0, 0.05) is 27.2 Å². The van der Waals surface area contributed by atoms with Crippen LogP contribution in [0.5, 0.6) is 0 Å². The number of rotatable bonds is 2. The van der Waals surface area contributed by atoms with Gasteiger partial charge in [-0.05, 0) is 64.5 Å². The van der Waals surface area contributed by atoms with Crippen molar-refractivity contribution in [3.63, 3.8) is 0 Å². The Morgan fingerprint density at radius 1 is 0.486 bits per heavy atom. The minimum absolute atomic E-state index is 1.04. The summed E-state index contributed by atoms with van der Waals surface area (Å²) in [5, 5.41) is 10.6. The number of fused-ring (bicyclic) bond motifs is 10. The minimum Gasteiger partial charge on any atom is -0.312 e. The first-order valence-corrected chi connectivity index (χ1v) is 13.4. The van der Waals surface area contributed by atoms with Crippen LogP contribution < -0.4 is 0 Å². The van der Waals surface area contributed by atoms with Crippen LogP contribution in [-0.2, 0) is 0 Å². The molecule has 0 fully saturated rings. The molecule has 0 bridgehead atoms. The highest BCUT2D eigenvalue weighted by Crippen LogP contribution is 2.45. The highest BCUT2D eigenvalue weighted by molar-refractivity contribution is 6.34. The Morgan fingerprint density at radius 2 is 1.19 bits per heavy atom. The Balaban J connectivity index is 1.55. The van der Waals surface area contributed by atoms with Crippen molar-refractivity contribution in [2.75, 3.05) is 0 Å². The quantitative estimate of drug-likeness (QED) is 0.220. The Hall–Kier alpha value is -4.36. The summed E-state index contributed by atoms with van der Waals surface area (Å²) in [6, 6.07) is 31.4. The number of hydrogen-bond donors (Lipinski definition) is 0. The molecular weight excluding hydrogens is 446 g/mol. The van der Waals surface area contributed by atoms with Crippen molar-refractivity contribution in [3.05, 3.63) is 126 Å². The van der Waals surface area contributed by atoms with Crippen LogP contribution >= 0.6 is 0 Å². The largest absolute Gasteiger partial charge is 0.312 e. The zero-order chi connectivity index (χ0) is 24.3. The molecule has 0 atom stereocenters. The molecule has 6 aromatic rings. The van der Waals surface area contributed by atoms with Crippen LogP contribution in [-0.4, -0.2) is 4.57 Å². The molecule has 176 valence electrons. The predicted octanol–water partition coefficient (Wildman–Crippen LogP) is 10.1. The Morgan fingerprint density at radius 3 is 1.95 bits per heavy atom. The van der Waals surface area contributed by atoms with E-state index in [1.165, 1.54) is 71.0 Å². The third kappa shape index (κ3) is 3.04. The second kappa shape index (κ2) is 8.08. The molecule has 0 aliphatic heterocycles. The molecule has 5 aromatic carbocycles. The third-order valence-electron chi connectivity index (χ3n) is 8.36. The van der Waals surface area contributed by atoms with Gasteiger partial charge in [0.15, 0.2) is 0 Å². The molecule has 2 aliphatic carbocycles. The van der Waals surface area contributed by atoms with Crippen LogP contribution in [0.3, 0.4) is 0 Å². The number of aromatic nitrogens is 1. The first-order valence-electron chi connectivity index (χ1n) is 13.4. The summed E-state index contributed by atoms with van der Waals surface area (Å²) < 4.78 is 2.60. The lowest BCUT2D eigenvalue weighted by atomic mass is 9.90. The smallest absolute Gasteiger partial charge is 0.0622 e. The van der Waals surface area contributed by atoms with Gasteiger partial charge in [0.25, 0.3) is 0 Å².